The number of phenols is 2. The van der Waals surface area contributed by atoms with E-state index in [1.165, 1.54) is 34.9 Å². The minimum atomic E-state index is -1.14. The van der Waals surface area contributed by atoms with Crippen molar-refractivity contribution in [3.05, 3.63) is 34.4 Å². The second-order valence-electron chi connectivity index (χ2n) is 8.77. The Morgan fingerprint density at radius 3 is 2.67 bits per heavy atom. The lowest BCUT2D eigenvalue weighted by atomic mass is 9.79. The Morgan fingerprint density at radius 1 is 1.30 bits per heavy atom. The maximum absolute atomic E-state index is 12.5. The van der Waals surface area contributed by atoms with Gasteiger partial charge in [0.05, 0.1) is 18.1 Å². The van der Waals surface area contributed by atoms with E-state index in [0.29, 0.717) is 24.4 Å². The number of hydrogen-bond donors (Lipinski definition) is 6. The molecule has 0 spiro atoms. The van der Waals surface area contributed by atoms with E-state index in [4.69, 9.17) is 0 Å². The molecule has 0 aliphatic carbocycles. The first kappa shape index (κ1) is 23.4. The number of aromatic hydroxyl groups is 2. The van der Waals surface area contributed by atoms with Gasteiger partial charge in [-0.3, -0.25) is 9.59 Å². The first-order chi connectivity index (χ1) is 15.6. The topological polar surface area (TPSA) is 159 Å². The number of fused-ring (bicyclic) bond motifs is 1. The van der Waals surface area contributed by atoms with Crippen LogP contribution in [0.2, 0.25) is 0 Å². The molecular weight excluding hydrogens is 450 g/mol. The maximum Gasteiger partial charge on any atom is 0.353 e. The lowest BCUT2D eigenvalue weighted by molar-refractivity contribution is -0.163. The van der Waals surface area contributed by atoms with Gasteiger partial charge in [-0.1, -0.05) is 6.92 Å². The lowest BCUT2D eigenvalue weighted by Gasteiger charge is -2.46. The summed E-state index contributed by atoms with van der Waals surface area (Å²) in [5.74, 6) is -3.30. The van der Waals surface area contributed by atoms with Crippen LogP contribution in [-0.2, 0) is 9.59 Å². The van der Waals surface area contributed by atoms with E-state index in [-0.39, 0.29) is 57.8 Å². The molecule has 2 fully saturated rings. The van der Waals surface area contributed by atoms with E-state index in [2.05, 4.69) is 10.6 Å². The van der Waals surface area contributed by atoms with Gasteiger partial charge < -0.3 is 36.0 Å². The Kier molecular flexibility index (Phi) is 6.30. The first-order valence-electron chi connectivity index (χ1n) is 10.8. The summed E-state index contributed by atoms with van der Waals surface area (Å²) in [6.07, 6.45) is -0.148. The van der Waals surface area contributed by atoms with Crippen LogP contribution in [0.5, 0.6) is 11.5 Å². The van der Waals surface area contributed by atoms with Crippen molar-refractivity contribution in [3.63, 3.8) is 0 Å². The smallest absolute Gasteiger partial charge is 0.353 e. The van der Waals surface area contributed by atoms with Crippen LogP contribution in [-0.4, -0.2) is 79.6 Å². The van der Waals surface area contributed by atoms with Crippen molar-refractivity contribution in [1.82, 2.24) is 15.5 Å². The van der Waals surface area contributed by atoms with E-state index in [0.717, 1.165) is 0 Å². The number of amides is 2. The van der Waals surface area contributed by atoms with E-state index >= 15 is 0 Å². The minimum absolute atomic E-state index is 0.0169. The fourth-order valence-corrected chi connectivity index (χ4v) is 6.39. The number of thioether (sulfide) groups is 1. The Labute approximate surface area is 194 Å². The summed E-state index contributed by atoms with van der Waals surface area (Å²) >= 11 is 1.45. The zero-order valence-electron chi connectivity index (χ0n) is 18.2. The van der Waals surface area contributed by atoms with Gasteiger partial charge in [0.2, 0.25) is 5.91 Å². The summed E-state index contributed by atoms with van der Waals surface area (Å²) in [5, 5.41) is 44.8. The van der Waals surface area contributed by atoms with Crippen molar-refractivity contribution in [3.8, 4) is 11.5 Å². The van der Waals surface area contributed by atoms with E-state index in [1.54, 1.807) is 6.92 Å². The number of rotatable bonds is 7. The number of aliphatic hydroxyl groups excluding tert-OH is 1. The number of nitrogens with one attached hydrogen (secondary N) is 2. The van der Waals surface area contributed by atoms with Gasteiger partial charge in [-0.25, -0.2) is 4.79 Å². The minimum Gasteiger partial charge on any atom is -0.504 e. The fourth-order valence-electron chi connectivity index (χ4n) is 4.87. The molecule has 2 amide bonds. The first-order valence-corrected chi connectivity index (χ1v) is 11.7. The number of carboxylic acid groups (broad SMARTS) is 1. The number of β-lactam (4-membered cyclic amide) rings is 1. The number of nitrogens with zero attached hydrogens (tertiary/aromatic N) is 1. The van der Waals surface area contributed by atoms with Crippen LogP contribution in [0.15, 0.2) is 28.8 Å². The summed E-state index contributed by atoms with van der Waals surface area (Å²) < 4.78 is 0. The van der Waals surface area contributed by atoms with Gasteiger partial charge in [0.1, 0.15) is 5.70 Å². The van der Waals surface area contributed by atoms with Crippen LogP contribution in [0.3, 0.4) is 0 Å². The number of carboxylic acids is 1. The molecule has 0 aromatic heterocycles. The molecule has 2 saturated heterocycles. The van der Waals surface area contributed by atoms with Crippen LogP contribution in [0.25, 0.3) is 0 Å². The van der Waals surface area contributed by atoms with Crippen molar-refractivity contribution < 1.29 is 34.8 Å². The SMILES string of the molecule is C[C@@H](O)[C@H]1C(=O)N2C(C(=O)O)=C(S[C@@H]3CN[C@H](CNC(=O)c4ccc(O)c(O)c4)C3)[C@H](C)[C@H]12. The normalized spacial score (nSPS) is 29.6. The second-order valence-corrected chi connectivity index (χ2v) is 10.1. The van der Waals surface area contributed by atoms with Gasteiger partial charge in [0.15, 0.2) is 11.5 Å². The Morgan fingerprint density at radius 2 is 2.03 bits per heavy atom. The molecule has 1 aromatic carbocycles. The highest BCUT2D eigenvalue weighted by atomic mass is 32.2. The summed E-state index contributed by atoms with van der Waals surface area (Å²) in [7, 11) is 0. The van der Waals surface area contributed by atoms with Crippen LogP contribution >= 0.6 is 11.8 Å². The molecule has 10 nitrogen and oxygen atoms in total. The summed E-state index contributed by atoms with van der Waals surface area (Å²) in [4.78, 5) is 38.7. The molecule has 0 saturated carbocycles. The average molecular weight is 478 g/mol. The van der Waals surface area contributed by atoms with Crippen molar-refractivity contribution in [2.75, 3.05) is 13.1 Å². The Balaban J connectivity index is 1.37. The maximum atomic E-state index is 12.5. The summed E-state index contributed by atoms with van der Waals surface area (Å²) in [6.45, 7) is 4.41. The van der Waals surface area contributed by atoms with Gasteiger partial charge in [-0.15, -0.1) is 11.8 Å². The van der Waals surface area contributed by atoms with E-state index in [1.807, 2.05) is 6.92 Å². The molecule has 0 radical (unpaired) electrons. The highest BCUT2D eigenvalue weighted by Gasteiger charge is 2.60. The molecule has 3 heterocycles. The number of carbonyl (C=O) groups excluding carboxylic acids is 2. The standard InChI is InChI=1S/C22H27N3O7S/c1-9-17-16(10(2)26)21(30)25(17)18(22(31)32)19(9)33-13-6-12(23-8-13)7-24-20(29)11-3-4-14(27)15(28)5-11/h3-5,9-10,12-13,16-17,23,26-28H,6-8H2,1-2H3,(H,24,29)(H,31,32)/t9-,10-,12+,13+,16-,17-/m1/s1. The van der Waals surface area contributed by atoms with Gasteiger partial charge in [-0.05, 0) is 31.5 Å². The predicted molar refractivity (Wildman–Crippen MR) is 120 cm³/mol. The third-order valence-corrected chi connectivity index (χ3v) is 8.04. The monoisotopic (exact) mass is 477 g/mol. The van der Waals surface area contributed by atoms with Crippen LogP contribution < -0.4 is 10.6 Å². The number of phenolic OH excluding ortho intramolecular Hbond substituents is 2. The fraction of sp³-hybridized carbons (Fsp3) is 0.500. The molecular formula is C22H27N3O7S. The van der Waals surface area contributed by atoms with Gasteiger partial charge in [0.25, 0.3) is 5.91 Å². The third kappa shape index (κ3) is 4.16. The molecule has 6 N–H and O–H groups in total. The predicted octanol–water partition coefficient (Wildman–Crippen LogP) is 0.445. The zero-order chi connectivity index (χ0) is 24.0. The molecule has 0 bridgehead atoms. The van der Waals surface area contributed by atoms with Crippen LogP contribution in [0, 0.1) is 11.8 Å². The van der Waals surface area contributed by atoms with Gasteiger partial charge in [-0.2, -0.15) is 0 Å². The van der Waals surface area contributed by atoms with Crippen molar-refractivity contribution in [1.29, 1.82) is 0 Å². The number of hydrogen-bond acceptors (Lipinski definition) is 8. The lowest BCUT2D eigenvalue weighted by Crippen LogP contribution is -2.63. The number of carbonyl (C=O) groups is 3. The molecule has 3 aliphatic rings. The second kappa shape index (κ2) is 8.88. The average Bonchev–Trinajstić information content (AvgIpc) is 3.29. The Hall–Kier alpha value is -2.76. The highest BCUT2D eigenvalue weighted by molar-refractivity contribution is 8.03. The molecule has 33 heavy (non-hydrogen) atoms. The van der Waals surface area contributed by atoms with E-state index in [9.17, 15) is 34.8 Å². The quantitative estimate of drug-likeness (QED) is 0.242. The van der Waals surface area contributed by atoms with E-state index < -0.39 is 18.0 Å². The van der Waals surface area contributed by atoms with Gasteiger partial charge >= 0.3 is 5.97 Å². The summed E-state index contributed by atoms with van der Waals surface area (Å²) in [6, 6.07) is 3.50. The number of benzene rings is 1. The van der Waals surface area contributed by atoms with Crippen molar-refractivity contribution in [2.45, 2.75) is 43.7 Å². The zero-order valence-corrected chi connectivity index (χ0v) is 19.0. The highest BCUT2D eigenvalue weighted by Crippen LogP contribution is 2.51. The largest absolute Gasteiger partial charge is 0.504 e. The van der Waals surface area contributed by atoms with Crippen molar-refractivity contribution >= 4 is 29.5 Å². The molecule has 3 aliphatic heterocycles. The van der Waals surface area contributed by atoms with Crippen LogP contribution in [0.4, 0.5) is 0 Å². The molecule has 178 valence electrons. The molecule has 6 atom stereocenters. The molecule has 11 heteroatoms. The van der Waals surface area contributed by atoms with Crippen molar-refractivity contribution in [2.24, 2.45) is 11.8 Å². The molecule has 1 aromatic rings. The third-order valence-electron chi connectivity index (χ3n) is 6.53. The molecule has 4 rings (SSSR count). The van der Waals surface area contributed by atoms with Crippen LogP contribution in [0.1, 0.15) is 30.6 Å². The molecule has 0 unspecified atom stereocenters. The van der Waals surface area contributed by atoms with Gasteiger partial charge in [0, 0.05) is 40.8 Å². The number of aliphatic carboxylic acids is 1. The Bertz CT molecular complexity index is 1030. The number of aliphatic hydroxyl groups is 1. The summed E-state index contributed by atoms with van der Waals surface area (Å²) in [5.41, 5.74) is 0.246.